The summed E-state index contributed by atoms with van der Waals surface area (Å²) in [6.45, 7) is 6.65. The zero-order valence-corrected chi connectivity index (χ0v) is 21.5. The quantitative estimate of drug-likeness (QED) is 0.508. The first-order valence-corrected chi connectivity index (χ1v) is 13.9. The second-order valence-electron chi connectivity index (χ2n) is 13.0. The Morgan fingerprint density at radius 1 is 0.971 bits per heavy atom. The highest BCUT2D eigenvalue weighted by Gasteiger charge is 2.66. The van der Waals surface area contributed by atoms with Crippen LogP contribution in [0.3, 0.4) is 0 Å². The van der Waals surface area contributed by atoms with Gasteiger partial charge in [0.2, 0.25) is 11.8 Å². The zero-order valence-electron chi connectivity index (χ0n) is 21.5. The average molecular weight is 490 g/mol. The first-order valence-electron chi connectivity index (χ1n) is 13.9. The molecule has 0 bridgehead atoms. The van der Waals surface area contributed by atoms with E-state index in [1.165, 1.54) is 4.90 Å². The summed E-state index contributed by atoms with van der Waals surface area (Å²) in [5, 5.41) is 31.7. The summed E-state index contributed by atoms with van der Waals surface area (Å²) in [5.41, 5.74) is -0.529. The summed E-state index contributed by atoms with van der Waals surface area (Å²) < 4.78 is 0. The Labute approximate surface area is 208 Å². The Hall–Kier alpha value is -1.47. The first-order chi connectivity index (χ1) is 16.5. The van der Waals surface area contributed by atoms with Gasteiger partial charge in [-0.15, -0.1) is 0 Å². The number of imide groups is 1. The summed E-state index contributed by atoms with van der Waals surface area (Å²) in [7, 11) is 0. The van der Waals surface area contributed by atoms with Crippen LogP contribution in [0, 0.1) is 46.3 Å². The molecule has 1 aliphatic heterocycles. The molecule has 11 atom stereocenters. The number of fused-ring (bicyclic) bond motifs is 5. The molecular formula is C28H43NO6. The minimum Gasteiger partial charge on any atom is -0.481 e. The van der Waals surface area contributed by atoms with Crippen LogP contribution in [0.2, 0.25) is 0 Å². The van der Waals surface area contributed by atoms with Crippen LogP contribution >= 0.6 is 0 Å². The number of aliphatic carboxylic acids is 1. The van der Waals surface area contributed by atoms with Crippen LogP contribution < -0.4 is 0 Å². The fourth-order valence-corrected chi connectivity index (χ4v) is 10.1. The highest BCUT2D eigenvalue weighted by Crippen LogP contribution is 2.69. The third kappa shape index (κ3) is 3.70. The molecule has 1 saturated heterocycles. The molecule has 4 aliphatic carbocycles. The molecule has 0 aromatic carbocycles. The van der Waals surface area contributed by atoms with E-state index in [0.717, 1.165) is 25.7 Å². The number of carbonyl (C=O) groups is 3. The molecule has 0 aromatic heterocycles. The smallest absolute Gasteiger partial charge is 0.303 e. The topological polar surface area (TPSA) is 115 Å². The van der Waals surface area contributed by atoms with E-state index in [1.807, 2.05) is 0 Å². The van der Waals surface area contributed by atoms with E-state index in [1.54, 1.807) is 0 Å². The van der Waals surface area contributed by atoms with Crippen molar-refractivity contribution in [3.8, 4) is 0 Å². The number of carbonyl (C=O) groups excluding carboxylic acids is 2. The van der Waals surface area contributed by atoms with Crippen molar-refractivity contribution < 1.29 is 29.7 Å². The Balaban J connectivity index is 1.46. The largest absolute Gasteiger partial charge is 0.481 e. The fourth-order valence-electron chi connectivity index (χ4n) is 10.1. The minimum atomic E-state index is -0.761. The predicted octanol–water partition coefficient (Wildman–Crippen LogP) is 3.61. The lowest BCUT2D eigenvalue weighted by molar-refractivity contribution is -0.197. The molecule has 196 valence electrons. The van der Waals surface area contributed by atoms with Crippen molar-refractivity contribution >= 4 is 17.8 Å². The molecule has 0 aromatic rings. The molecule has 35 heavy (non-hydrogen) atoms. The van der Waals surface area contributed by atoms with Crippen LogP contribution in [0.1, 0.15) is 91.4 Å². The molecule has 5 fully saturated rings. The number of hydrogen-bond donors (Lipinski definition) is 3. The SMILES string of the molecule is C[C@H](CCC(=O)O)[C@H]1CC[C@H]2[C@@H]3CC[C@@H]4C[C@H](O)CC(N5C(=O)CCC5=O)[C@]4(C)[C@H]3C[C@H](O)[C@]12C. The molecule has 1 unspecified atom stereocenters. The molecule has 1 heterocycles. The van der Waals surface area contributed by atoms with Gasteiger partial charge in [-0.2, -0.15) is 0 Å². The van der Waals surface area contributed by atoms with E-state index >= 15 is 0 Å². The van der Waals surface area contributed by atoms with Gasteiger partial charge in [0.25, 0.3) is 0 Å². The van der Waals surface area contributed by atoms with Crippen molar-refractivity contribution in [2.75, 3.05) is 0 Å². The summed E-state index contributed by atoms with van der Waals surface area (Å²) in [6, 6.07) is -0.296. The van der Waals surface area contributed by atoms with E-state index in [0.29, 0.717) is 43.4 Å². The van der Waals surface area contributed by atoms with E-state index in [4.69, 9.17) is 0 Å². The summed E-state index contributed by atoms with van der Waals surface area (Å²) in [5.74, 6) is 0.814. The number of aliphatic hydroxyl groups excluding tert-OH is 2. The Kier molecular flexibility index (Phi) is 6.35. The highest BCUT2D eigenvalue weighted by atomic mass is 16.4. The van der Waals surface area contributed by atoms with E-state index in [9.17, 15) is 29.7 Å². The van der Waals surface area contributed by atoms with E-state index in [2.05, 4.69) is 20.8 Å². The third-order valence-electron chi connectivity index (χ3n) is 11.8. The fraction of sp³-hybridized carbons (Fsp3) is 0.893. The average Bonchev–Trinajstić information content (AvgIpc) is 3.32. The Morgan fingerprint density at radius 2 is 1.66 bits per heavy atom. The van der Waals surface area contributed by atoms with Gasteiger partial charge in [0.15, 0.2) is 0 Å². The summed E-state index contributed by atoms with van der Waals surface area (Å²) in [6.07, 6.45) is 6.29. The second kappa shape index (κ2) is 8.83. The number of carboxylic acids is 1. The van der Waals surface area contributed by atoms with Gasteiger partial charge < -0.3 is 15.3 Å². The van der Waals surface area contributed by atoms with Crippen LogP contribution in [0.4, 0.5) is 0 Å². The van der Waals surface area contributed by atoms with Crippen molar-refractivity contribution in [3.63, 3.8) is 0 Å². The highest BCUT2D eigenvalue weighted by molar-refractivity contribution is 6.02. The van der Waals surface area contributed by atoms with Crippen LogP contribution in [0.5, 0.6) is 0 Å². The number of hydrogen-bond acceptors (Lipinski definition) is 5. The molecule has 0 spiro atoms. The van der Waals surface area contributed by atoms with Crippen molar-refractivity contribution in [2.45, 2.75) is 110 Å². The Bertz CT molecular complexity index is 875. The monoisotopic (exact) mass is 489 g/mol. The lowest BCUT2D eigenvalue weighted by atomic mass is 9.42. The van der Waals surface area contributed by atoms with Gasteiger partial charge in [0.05, 0.1) is 12.2 Å². The molecule has 2 amide bonds. The number of nitrogens with zero attached hydrogens (tertiary/aromatic N) is 1. The van der Waals surface area contributed by atoms with E-state index in [-0.39, 0.29) is 65.7 Å². The van der Waals surface area contributed by atoms with Crippen molar-refractivity contribution in [1.29, 1.82) is 0 Å². The van der Waals surface area contributed by atoms with Crippen molar-refractivity contribution in [3.05, 3.63) is 0 Å². The van der Waals surface area contributed by atoms with Crippen LogP contribution in [0.15, 0.2) is 0 Å². The Morgan fingerprint density at radius 3 is 2.31 bits per heavy atom. The second-order valence-corrected chi connectivity index (χ2v) is 13.0. The van der Waals surface area contributed by atoms with Crippen LogP contribution in [-0.2, 0) is 14.4 Å². The first kappa shape index (κ1) is 25.2. The van der Waals surface area contributed by atoms with Gasteiger partial charge in [-0.25, -0.2) is 0 Å². The predicted molar refractivity (Wildman–Crippen MR) is 129 cm³/mol. The molecule has 5 aliphatic rings. The lowest BCUT2D eigenvalue weighted by Gasteiger charge is -2.65. The normalized spacial score (nSPS) is 48.3. The maximum Gasteiger partial charge on any atom is 0.303 e. The van der Waals surface area contributed by atoms with Crippen molar-refractivity contribution in [1.82, 2.24) is 4.90 Å². The van der Waals surface area contributed by atoms with Gasteiger partial charge in [0.1, 0.15) is 0 Å². The van der Waals surface area contributed by atoms with Crippen molar-refractivity contribution in [2.24, 2.45) is 46.3 Å². The molecule has 7 heteroatoms. The summed E-state index contributed by atoms with van der Waals surface area (Å²) >= 11 is 0. The van der Waals surface area contributed by atoms with Crippen LogP contribution in [0.25, 0.3) is 0 Å². The summed E-state index contributed by atoms with van der Waals surface area (Å²) in [4.78, 5) is 38.3. The zero-order chi connectivity index (χ0) is 25.3. The standard InChI is InChI=1S/C28H43NO6/c1-15(4-11-26(34)35)19-7-8-20-18-6-5-16-12-17(30)13-22(29-24(32)9-10-25(29)33)27(16,2)21(18)14-23(31)28(19,20)3/h15-23,30-31H,4-14H2,1-3H3,(H,34,35)/t15-,16-,17+,18+,19-,20+,21+,22?,23+,27+,28-/m1/s1. The van der Waals surface area contributed by atoms with Gasteiger partial charge in [0, 0.05) is 25.3 Å². The lowest BCUT2D eigenvalue weighted by Crippen LogP contribution is -2.66. The molecule has 5 rings (SSSR count). The third-order valence-corrected chi connectivity index (χ3v) is 11.8. The molecule has 4 saturated carbocycles. The molecule has 7 nitrogen and oxygen atoms in total. The minimum absolute atomic E-state index is 0.106. The molecular weight excluding hydrogens is 446 g/mol. The molecule has 3 N–H and O–H groups in total. The number of carboxylic acid groups (broad SMARTS) is 1. The van der Waals surface area contributed by atoms with Gasteiger partial charge in [-0.1, -0.05) is 20.8 Å². The van der Waals surface area contributed by atoms with Crippen LogP contribution in [-0.4, -0.2) is 56.3 Å². The van der Waals surface area contributed by atoms with Gasteiger partial charge in [-0.3, -0.25) is 19.3 Å². The number of aliphatic hydroxyl groups is 2. The maximum atomic E-state index is 12.8. The van der Waals surface area contributed by atoms with Gasteiger partial charge in [-0.05, 0) is 97.7 Å². The number of amides is 2. The van der Waals surface area contributed by atoms with E-state index < -0.39 is 18.2 Å². The maximum absolute atomic E-state index is 12.8. The number of likely N-dealkylation sites (tertiary alicyclic amines) is 1. The van der Waals surface area contributed by atoms with Gasteiger partial charge >= 0.3 is 5.97 Å². The number of rotatable bonds is 5. The molecule has 0 radical (unpaired) electrons.